The molecule has 0 aliphatic heterocycles. The lowest BCUT2D eigenvalue weighted by molar-refractivity contribution is 0.0936. The van der Waals surface area contributed by atoms with Gasteiger partial charge in [0.05, 0.1) is 17.3 Å². The number of amides is 1. The zero-order valence-corrected chi connectivity index (χ0v) is 12.8. The van der Waals surface area contributed by atoms with E-state index in [1.807, 2.05) is 24.4 Å². The summed E-state index contributed by atoms with van der Waals surface area (Å²) < 4.78 is 1.73. The first-order valence-corrected chi connectivity index (χ1v) is 8.04. The smallest absolute Gasteiger partial charge is 0.255 e. The zero-order valence-electron chi connectivity index (χ0n) is 11.3. The summed E-state index contributed by atoms with van der Waals surface area (Å²) in [5.41, 5.74) is 1.50. The quantitative estimate of drug-likeness (QED) is 0.676. The third-order valence-electron chi connectivity index (χ3n) is 3.92. The molecule has 0 spiro atoms. The Morgan fingerprint density at radius 1 is 1.30 bits per heavy atom. The van der Waals surface area contributed by atoms with Crippen LogP contribution >= 0.6 is 15.9 Å². The summed E-state index contributed by atoms with van der Waals surface area (Å²) in [4.78, 5) is 12.8. The van der Waals surface area contributed by atoms with Crippen LogP contribution in [0.4, 0.5) is 0 Å². The Hall–Kier alpha value is -1.36. The molecule has 2 aromatic rings. The number of pyridine rings is 1. The van der Waals surface area contributed by atoms with Gasteiger partial charge in [-0.25, -0.2) is 4.52 Å². The molecule has 0 bridgehead atoms. The van der Waals surface area contributed by atoms with Crippen molar-refractivity contribution in [2.24, 2.45) is 0 Å². The predicted octanol–water partition coefficient (Wildman–Crippen LogP) is 3.16. The number of carbonyl (C=O) groups is 1. The number of nitrogens with zero attached hydrogens (tertiary/aromatic N) is 2. The minimum Gasteiger partial charge on any atom is -0.348 e. The normalized spacial score (nSPS) is 23.4. The first kappa shape index (κ1) is 13.6. The van der Waals surface area contributed by atoms with E-state index in [2.05, 4.69) is 26.3 Å². The molecule has 4 nitrogen and oxygen atoms in total. The van der Waals surface area contributed by atoms with E-state index >= 15 is 0 Å². The SMILES string of the molecule is O=C(NC1CCCCCC1Br)c1cnn2ccccc12. The number of halogens is 1. The Morgan fingerprint density at radius 2 is 2.15 bits per heavy atom. The van der Waals surface area contributed by atoms with Crippen LogP contribution in [0.1, 0.15) is 42.5 Å². The standard InChI is InChI=1S/C15H18BrN3O/c16-12-6-2-1-3-7-13(12)18-15(20)11-10-17-19-9-5-4-8-14(11)19/h4-5,8-10,12-13H,1-3,6-7H2,(H,18,20). The average molecular weight is 336 g/mol. The van der Waals surface area contributed by atoms with Crippen molar-refractivity contribution in [3.8, 4) is 0 Å². The van der Waals surface area contributed by atoms with Crippen molar-refractivity contribution < 1.29 is 4.79 Å². The van der Waals surface area contributed by atoms with Crippen LogP contribution in [0.25, 0.3) is 5.52 Å². The van der Waals surface area contributed by atoms with Crippen LogP contribution in [0.15, 0.2) is 30.6 Å². The summed E-state index contributed by atoms with van der Waals surface area (Å²) in [5, 5.41) is 7.38. The van der Waals surface area contributed by atoms with Crippen LogP contribution in [0.3, 0.4) is 0 Å². The molecule has 1 N–H and O–H groups in total. The Kier molecular flexibility index (Phi) is 4.05. The number of fused-ring (bicyclic) bond motifs is 1. The van der Waals surface area contributed by atoms with Crippen LogP contribution < -0.4 is 5.32 Å². The Morgan fingerprint density at radius 3 is 3.05 bits per heavy atom. The second-order valence-corrected chi connectivity index (χ2v) is 6.50. The number of hydrogen-bond acceptors (Lipinski definition) is 2. The molecule has 1 saturated carbocycles. The van der Waals surface area contributed by atoms with E-state index in [1.54, 1.807) is 10.7 Å². The lowest BCUT2D eigenvalue weighted by Crippen LogP contribution is -2.40. The van der Waals surface area contributed by atoms with Crippen molar-refractivity contribution in [1.29, 1.82) is 0 Å². The maximum Gasteiger partial charge on any atom is 0.255 e. The number of alkyl halides is 1. The molecule has 0 saturated heterocycles. The summed E-state index contributed by atoms with van der Waals surface area (Å²) in [6, 6.07) is 5.96. The molecular weight excluding hydrogens is 318 g/mol. The Labute approximate surface area is 126 Å². The maximum atomic E-state index is 12.5. The minimum atomic E-state index is -0.0254. The van der Waals surface area contributed by atoms with E-state index in [0.717, 1.165) is 18.4 Å². The highest BCUT2D eigenvalue weighted by Crippen LogP contribution is 2.24. The Balaban J connectivity index is 1.78. The van der Waals surface area contributed by atoms with Crippen LogP contribution in [0.2, 0.25) is 0 Å². The lowest BCUT2D eigenvalue weighted by atomic mass is 10.1. The molecule has 2 atom stereocenters. The molecule has 106 valence electrons. The van der Waals surface area contributed by atoms with Gasteiger partial charge in [0.1, 0.15) is 0 Å². The third kappa shape index (κ3) is 2.73. The van der Waals surface area contributed by atoms with Crippen LogP contribution in [0.5, 0.6) is 0 Å². The largest absolute Gasteiger partial charge is 0.348 e. The van der Waals surface area contributed by atoms with Crippen LogP contribution in [-0.4, -0.2) is 26.4 Å². The van der Waals surface area contributed by atoms with Gasteiger partial charge in [-0.05, 0) is 25.0 Å². The van der Waals surface area contributed by atoms with E-state index in [9.17, 15) is 4.79 Å². The predicted molar refractivity (Wildman–Crippen MR) is 82.2 cm³/mol. The second-order valence-electron chi connectivity index (χ2n) is 5.32. The van der Waals surface area contributed by atoms with Crippen LogP contribution in [0, 0.1) is 0 Å². The highest BCUT2D eigenvalue weighted by Gasteiger charge is 2.24. The van der Waals surface area contributed by atoms with E-state index in [4.69, 9.17) is 0 Å². The average Bonchev–Trinajstić information content (AvgIpc) is 2.79. The summed E-state index contributed by atoms with van der Waals surface area (Å²) in [6.07, 6.45) is 9.34. The topological polar surface area (TPSA) is 46.4 Å². The van der Waals surface area contributed by atoms with Crippen molar-refractivity contribution in [2.75, 3.05) is 0 Å². The van der Waals surface area contributed by atoms with Gasteiger partial charge in [0, 0.05) is 17.1 Å². The molecule has 0 radical (unpaired) electrons. The number of nitrogens with one attached hydrogen (secondary N) is 1. The van der Waals surface area contributed by atoms with Crippen molar-refractivity contribution >= 4 is 27.4 Å². The zero-order chi connectivity index (χ0) is 13.9. The highest BCUT2D eigenvalue weighted by atomic mass is 79.9. The van der Waals surface area contributed by atoms with Gasteiger partial charge in [-0.1, -0.05) is 41.3 Å². The van der Waals surface area contributed by atoms with Gasteiger partial charge in [-0.2, -0.15) is 5.10 Å². The molecule has 1 fully saturated rings. The summed E-state index contributed by atoms with van der Waals surface area (Å²) in [6.45, 7) is 0. The molecule has 2 unspecified atom stereocenters. The van der Waals surface area contributed by atoms with Gasteiger partial charge < -0.3 is 5.32 Å². The molecule has 2 aromatic heterocycles. The molecule has 20 heavy (non-hydrogen) atoms. The number of hydrogen-bond donors (Lipinski definition) is 1. The molecule has 1 aliphatic carbocycles. The molecule has 1 amide bonds. The van der Waals surface area contributed by atoms with Crippen molar-refractivity contribution in [2.45, 2.75) is 43.0 Å². The fraction of sp³-hybridized carbons (Fsp3) is 0.467. The van der Waals surface area contributed by atoms with Gasteiger partial charge in [-0.15, -0.1) is 0 Å². The minimum absolute atomic E-state index is 0.0254. The summed E-state index contributed by atoms with van der Waals surface area (Å²) in [7, 11) is 0. The number of rotatable bonds is 2. The highest BCUT2D eigenvalue weighted by molar-refractivity contribution is 9.09. The van der Waals surface area contributed by atoms with Gasteiger partial charge in [0.15, 0.2) is 0 Å². The summed E-state index contributed by atoms with van der Waals surface area (Å²) >= 11 is 3.71. The first-order chi connectivity index (χ1) is 9.75. The molecule has 2 heterocycles. The third-order valence-corrected chi connectivity index (χ3v) is 5.02. The van der Waals surface area contributed by atoms with Crippen molar-refractivity contribution in [3.63, 3.8) is 0 Å². The number of carbonyl (C=O) groups excluding carboxylic acids is 1. The molecular formula is C15H18BrN3O. The van der Waals surface area contributed by atoms with Crippen molar-refractivity contribution in [1.82, 2.24) is 14.9 Å². The van der Waals surface area contributed by atoms with Gasteiger partial charge in [0.2, 0.25) is 0 Å². The van der Waals surface area contributed by atoms with Gasteiger partial charge in [-0.3, -0.25) is 4.79 Å². The van der Waals surface area contributed by atoms with Crippen molar-refractivity contribution in [3.05, 3.63) is 36.2 Å². The van der Waals surface area contributed by atoms with Crippen LogP contribution in [-0.2, 0) is 0 Å². The molecule has 5 heteroatoms. The maximum absolute atomic E-state index is 12.5. The molecule has 1 aliphatic rings. The Bertz CT molecular complexity index is 610. The fourth-order valence-corrected chi connectivity index (χ4v) is 3.50. The van der Waals surface area contributed by atoms with E-state index in [0.29, 0.717) is 10.4 Å². The second kappa shape index (κ2) is 5.95. The van der Waals surface area contributed by atoms with Gasteiger partial charge >= 0.3 is 0 Å². The fourth-order valence-electron chi connectivity index (χ4n) is 2.78. The lowest BCUT2D eigenvalue weighted by Gasteiger charge is -2.21. The molecule has 0 aromatic carbocycles. The monoisotopic (exact) mass is 335 g/mol. The molecule has 3 rings (SSSR count). The summed E-state index contributed by atoms with van der Waals surface area (Å²) in [5.74, 6) is -0.0254. The van der Waals surface area contributed by atoms with E-state index in [1.165, 1.54) is 19.3 Å². The van der Waals surface area contributed by atoms with E-state index in [-0.39, 0.29) is 11.9 Å². The first-order valence-electron chi connectivity index (χ1n) is 7.13. The number of aromatic nitrogens is 2. The van der Waals surface area contributed by atoms with E-state index < -0.39 is 0 Å². The van der Waals surface area contributed by atoms with Gasteiger partial charge in [0.25, 0.3) is 5.91 Å².